The first-order valence-corrected chi connectivity index (χ1v) is 8.69. The summed E-state index contributed by atoms with van der Waals surface area (Å²) in [6.45, 7) is 0. The molecule has 6 nitrogen and oxygen atoms in total. The molecule has 26 heavy (non-hydrogen) atoms. The minimum atomic E-state index is -1.01. The Hall–Kier alpha value is -2.54. The van der Waals surface area contributed by atoms with Gasteiger partial charge in [0, 0.05) is 17.1 Å². The second-order valence-electron chi connectivity index (χ2n) is 6.03. The number of carbonyl (C=O) groups excluding carboxylic acids is 1. The monoisotopic (exact) mass is 419 g/mol. The number of carboxylic acid groups (broad SMARTS) is 1. The van der Waals surface area contributed by atoms with Gasteiger partial charge in [0.25, 0.3) is 5.91 Å². The molecule has 136 valence electrons. The molecule has 1 heterocycles. The van der Waals surface area contributed by atoms with E-state index < -0.39 is 17.9 Å². The van der Waals surface area contributed by atoms with Crippen LogP contribution in [0.1, 0.15) is 33.4 Å². The molecule has 0 aliphatic carbocycles. The van der Waals surface area contributed by atoms with Crippen molar-refractivity contribution in [3.8, 4) is 11.5 Å². The van der Waals surface area contributed by atoms with Gasteiger partial charge in [0.05, 0.1) is 20.3 Å². The molecule has 2 aromatic carbocycles. The number of halogens is 1. The number of carbonyl (C=O) groups is 2. The highest BCUT2D eigenvalue weighted by Crippen LogP contribution is 2.45. The van der Waals surface area contributed by atoms with E-state index in [-0.39, 0.29) is 5.91 Å². The van der Waals surface area contributed by atoms with Crippen LogP contribution in [-0.4, -0.2) is 43.2 Å². The number of aliphatic carboxylic acids is 1. The molecular formula is C19H18BrNO5. The molecule has 0 saturated heterocycles. The van der Waals surface area contributed by atoms with Crippen LogP contribution in [0.25, 0.3) is 0 Å². The molecule has 7 heteroatoms. The smallest absolute Gasteiger partial charge is 0.313 e. The number of hydrogen-bond donors (Lipinski definition) is 1. The maximum atomic E-state index is 12.9. The largest absolute Gasteiger partial charge is 0.493 e. The number of carboxylic acids is 1. The summed E-state index contributed by atoms with van der Waals surface area (Å²) >= 11 is 3.41. The number of methoxy groups -OCH3 is 2. The van der Waals surface area contributed by atoms with Crippen LogP contribution >= 0.6 is 15.9 Å². The lowest BCUT2D eigenvalue weighted by Crippen LogP contribution is -2.42. The molecular weight excluding hydrogens is 402 g/mol. The van der Waals surface area contributed by atoms with Crippen molar-refractivity contribution in [1.82, 2.24) is 4.90 Å². The van der Waals surface area contributed by atoms with Crippen LogP contribution in [0.4, 0.5) is 0 Å². The van der Waals surface area contributed by atoms with Crippen LogP contribution in [0.5, 0.6) is 11.5 Å². The van der Waals surface area contributed by atoms with Crippen LogP contribution in [0.2, 0.25) is 0 Å². The van der Waals surface area contributed by atoms with Gasteiger partial charge in [-0.25, -0.2) is 0 Å². The summed E-state index contributed by atoms with van der Waals surface area (Å²) in [6.07, 6.45) is 0. The summed E-state index contributed by atoms with van der Waals surface area (Å²) in [6, 6.07) is 9.81. The molecule has 1 N–H and O–H groups in total. The Morgan fingerprint density at radius 2 is 1.81 bits per heavy atom. The van der Waals surface area contributed by atoms with Gasteiger partial charge in [-0.2, -0.15) is 0 Å². The minimum Gasteiger partial charge on any atom is -0.493 e. The fourth-order valence-electron chi connectivity index (χ4n) is 3.42. The third-order valence-electron chi connectivity index (χ3n) is 4.63. The number of hydrogen-bond acceptors (Lipinski definition) is 4. The zero-order valence-corrected chi connectivity index (χ0v) is 16.1. The Kier molecular flexibility index (Phi) is 4.91. The van der Waals surface area contributed by atoms with Gasteiger partial charge in [0.2, 0.25) is 0 Å². The standard InChI is InChI=1S/C19H18BrNO5/c1-21-17(10-5-4-6-11(20)7-10)16(19(23)24)12-8-14(25-2)15(26-3)9-13(12)18(21)22/h4-9,16-17H,1-3H3,(H,23,24). The van der Waals surface area contributed by atoms with E-state index in [1.807, 2.05) is 24.3 Å². The number of ether oxygens (including phenoxy) is 2. The molecule has 2 aromatic rings. The molecule has 1 aliphatic rings. The number of likely N-dealkylation sites (N-methyl/N-ethyl adjacent to an activating group) is 1. The second kappa shape index (κ2) is 6.99. The average Bonchev–Trinajstić information content (AvgIpc) is 2.62. The molecule has 1 amide bonds. The Morgan fingerprint density at radius 3 is 2.38 bits per heavy atom. The zero-order valence-electron chi connectivity index (χ0n) is 14.5. The maximum Gasteiger partial charge on any atom is 0.313 e. The van der Waals surface area contributed by atoms with Gasteiger partial charge in [-0.1, -0.05) is 28.1 Å². The Bertz CT molecular complexity index is 882. The van der Waals surface area contributed by atoms with E-state index in [0.717, 1.165) is 10.0 Å². The van der Waals surface area contributed by atoms with Crippen LogP contribution in [0.15, 0.2) is 40.9 Å². The van der Waals surface area contributed by atoms with Crippen molar-refractivity contribution < 1.29 is 24.2 Å². The molecule has 2 unspecified atom stereocenters. The summed E-state index contributed by atoms with van der Waals surface area (Å²) in [5.74, 6) is -1.42. The van der Waals surface area contributed by atoms with E-state index >= 15 is 0 Å². The summed E-state index contributed by atoms with van der Waals surface area (Å²) in [5, 5.41) is 9.96. The van der Waals surface area contributed by atoms with Crippen LogP contribution in [-0.2, 0) is 4.79 Å². The van der Waals surface area contributed by atoms with Crippen molar-refractivity contribution >= 4 is 27.8 Å². The number of rotatable bonds is 4. The molecule has 0 radical (unpaired) electrons. The summed E-state index contributed by atoms with van der Waals surface area (Å²) in [4.78, 5) is 26.6. The number of fused-ring (bicyclic) bond motifs is 1. The third kappa shape index (κ3) is 2.92. The topological polar surface area (TPSA) is 76.1 Å². The van der Waals surface area contributed by atoms with Gasteiger partial charge in [-0.15, -0.1) is 0 Å². The first-order valence-electron chi connectivity index (χ1n) is 7.90. The summed E-state index contributed by atoms with van der Waals surface area (Å²) in [7, 11) is 4.56. The van der Waals surface area contributed by atoms with Crippen LogP contribution in [0.3, 0.4) is 0 Å². The highest BCUT2D eigenvalue weighted by Gasteiger charge is 2.43. The van der Waals surface area contributed by atoms with E-state index in [1.165, 1.54) is 19.1 Å². The predicted octanol–water partition coefficient (Wildman–Crippen LogP) is 3.46. The maximum absolute atomic E-state index is 12.9. The van der Waals surface area contributed by atoms with Crippen molar-refractivity contribution in [1.29, 1.82) is 0 Å². The molecule has 0 aromatic heterocycles. The second-order valence-corrected chi connectivity index (χ2v) is 6.94. The highest BCUT2D eigenvalue weighted by atomic mass is 79.9. The lowest BCUT2D eigenvalue weighted by Gasteiger charge is -2.39. The Labute approximate surface area is 159 Å². The molecule has 2 atom stereocenters. The molecule has 0 fully saturated rings. The van der Waals surface area contributed by atoms with Crippen molar-refractivity contribution in [3.05, 3.63) is 57.6 Å². The SMILES string of the molecule is COc1cc2c(cc1OC)C(C(=O)O)C(c1cccc(Br)c1)N(C)C2=O. The van der Waals surface area contributed by atoms with Crippen molar-refractivity contribution in [2.45, 2.75) is 12.0 Å². The molecule has 3 rings (SSSR count). The van der Waals surface area contributed by atoms with E-state index in [4.69, 9.17) is 9.47 Å². The van der Waals surface area contributed by atoms with Crippen molar-refractivity contribution in [2.24, 2.45) is 0 Å². The number of amides is 1. The van der Waals surface area contributed by atoms with Crippen LogP contribution in [0, 0.1) is 0 Å². The Balaban J connectivity index is 2.25. The van der Waals surface area contributed by atoms with E-state index in [9.17, 15) is 14.7 Å². The third-order valence-corrected chi connectivity index (χ3v) is 5.12. The molecule has 0 bridgehead atoms. The fraction of sp³-hybridized carbons (Fsp3) is 0.263. The first kappa shape index (κ1) is 18.3. The minimum absolute atomic E-state index is 0.261. The first-order chi connectivity index (χ1) is 12.4. The zero-order chi connectivity index (χ0) is 19.0. The summed E-state index contributed by atoms with van der Waals surface area (Å²) in [5.41, 5.74) is 1.47. The average molecular weight is 420 g/mol. The van der Waals surface area contributed by atoms with E-state index in [0.29, 0.717) is 22.6 Å². The van der Waals surface area contributed by atoms with Crippen LogP contribution < -0.4 is 9.47 Å². The summed E-state index contributed by atoms with van der Waals surface area (Å²) < 4.78 is 11.4. The normalized spacial score (nSPS) is 19.1. The van der Waals surface area contributed by atoms with Crippen molar-refractivity contribution in [2.75, 3.05) is 21.3 Å². The fourth-order valence-corrected chi connectivity index (χ4v) is 3.84. The lowest BCUT2D eigenvalue weighted by atomic mass is 9.80. The quantitative estimate of drug-likeness (QED) is 0.820. The van der Waals surface area contributed by atoms with Gasteiger partial charge in [0.15, 0.2) is 11.5 Å². The molecule has 0 spiro atoms. The number of benzene rings is 2. The van der Waals surface area contributed by atoms with E-state index in [1.54, 1.807) is 19.2 Å². The Morgan fingerprint density at radius 1 is 1.15 bits per heavy atom. The van der Waals surface area contributed by atoms with Gasteiger partial charge >= 0.3 is 5.97 Å². The van der Waals surface area contributed by atoms with Gasteiger partial charge in [0.1, 0.15) is 5.92 Å². The van der Waals surface area contributed by atoms with Gasteiger partial charge in [-0.3, -0.25) is 9.59 Å². The highest BCUT2D eigenvalue weighted by molar-refractivity contribution is 9.10. The lowest BCUT2D eigenvalue weighted by molar-refractivity contribution is -0.140. The molecule has 0 saturated carbocycles. The van der Waals surface area contributed by atoms with Gasteiger partial charge in [-0.05, 0) is 35.4 Å². The van der Waals surface area contributed by atoms with E-state index in [2.05, 4.69) is 15.9 Å². The predicted molar refractivity (Wildman–Crippen MR) is 98.9 cm³/mol. The van der Waals surface area contributed by atoms with Gasteiger partial charge < -0.3 is 19.5 Å². The van der Waals surface area contributed by atoms with Crippen molar-refractivity contribution in [3.63, 3.8) is 0 Å². The number of nitrogens with zero attached hydrogens (tertiary/aromatic N) is 1. The molecule has 1 aliphatic heterocycles.